The SMILES string of the molecule is CCCC1CCC2CC(c3ccc(COc4ccc(-c5ccc(C)c(F)c5F)c(F)c4F)cc3)CCC2C1. The Morgan fingerprint density at radius 3 is 2.11 bits per heavy atom. The molecule has 202 valence electrons. The molecule has 2 aliphatic carbocycles. The maximum absolute atomic E-state index is 14.8. The molecule has 3 aromatic rings. The molecule has 0 saturated heterocycles. The lowest BCUT2D eigenvalue weighted by atomic mass is 9.63. The monoisotopic (exact) mass is 524 g/mol. The normalized spacial score (nSPS) is 23.2. The minimum absolute atomic E-state index is 0.0810. The van der Waals surface area contributed by atoms with Gasteiger partial charge in [-0.05, 0) is 91.5 Å². The van der Waals surface area contributed by atoms with Gasteiger partial charge in [0.1, 0.15) is 6.61 Å². The lowest BCUT2D eigenvalue weighted by molar-refractivity contribution is 0.114. The van der Waals surface area contributed by atoms with Crippen LogP contribution in [0.1, 0.15) is 80.9 Å². The summed E-state index contributed by atoms with van der Waals surface area (Å²) < 4.78 is 63.4. The quantitative estimate of drug-likeness (QED) is 0.280. The van der Waals surface area contributed by atoms with Gasteiger partial charge in [-0.1, -0.05) is 62.6 Å². The molecule has 0 N–H and O–H groups in total. The second-order valence-corrected chi connectivity index (χ2v) is 11.3. The maximum atomic E-state index is 14.8. The fourth-order valence-corrected chi connectivity index (χ4v) is 6.71. The van der Waals surface area contributed by atoms with Crippen molar-refractivity contribution in [1.29, 1.82) is 0 Å². The van der Waals surface area contributed by atoms with E-state index in [9.17, 15) is 17.6 Å². The molecule has 0 spiro atoms. The molecule has 0 bridgehead atoms. The lowest BCUT2D eigenvalue weighted by Crippen LogP contribution is -2.30. The standard InChI is InChI=1S/C33H36F4O/c1-3-4-21-6-11-26-18-25(13-12-24(26)17-21)23-9-7-22(8-10-23)19-38-29-16-15-28(32(36)33(29)37)27-14-5-20(2)30(34)31(27)35/h5,7-10,14-16,21,24-26H,3-4,6,11-13,17-19H2,1-2H3. The van der Waals surface area contributed by atoms with E-state index in [0.29, 0.717) is 5.92 Å². The zero-order valence-electron chi connectivity index (χ0n) is 22.2. The van der Waals surface area contributed by atoms with E-state index in [1.807, 2.05) is 12.1 Å². The van der Waals surface area contributed by atoms with E-state index in [0.717, 1.165) is 23.3 Å². The summed E-state index contributed by atoms with van der Waals surface area (Å²) in [7, 11) is 0. The van der Waals surface area contributed by atoms with Crippen LogP contribution in [0.4, 0.5) is 17.6 Å². The summed E-state index contributed by atoms with van der Waals surface area (Å²) in [4.78, 5) is 0. The van der Waals surface area contributed by atoms with Crippen molar-refractivity contribution in [2.45, 2.75) is 77.7 Å². The minimum atomic E-state index is -1.26. The summed E-state index contributed by atoms with van der Waals surface area (Å²) in [6, 6.07) is 13.3. The van der Waals surface area contributed by atoms with Crippen LogP contribution in [0.25, 0.3) is 11.1 Å². The van der Waals surface area contributed by atoms with Crippen molar-refractivity contribution in [3.63, 3.8) is 0 Å². The fraction of sp³-hybridized carbons (Fsp3) is 0.455. The van der Waals surface area contributed by atoms with E-state index in [1.54, 1.807) is 0 Å². The van der Waals surface area contributed by atoms with Crippen LogP contribution in [-0.4, -0.2) is 0 Å². The third-order valence-electron chi connectivity index (χ3n) is 8.88. The minimum Gasteiger partial charge on any atom is -0.486 e. The highest BCUT2D eigenvalue weighted by atomic mass is 19.2. The second-order valence-electron chi connectivity index (χ2n) is 11.3. The van der Waals surface area contributed by atoms with Gasteiger partial charge in [0.15, 0.2) is 23.2 Å². The highest BCUT2D eigenvalue weighted by Crippen LogP contribution is 2.48. The Bertz CT molecular complexity index is 1270. The number of halogens is 4. The molecule has 0 radical (unpaired) electrons. The molecule has 0 amide bonds. The molecule has 2 fully saturated rings. The first-order valence-electron chi connectivity index (χ1n) is 14.0. The summed E-state index contributed by atoms with van der Waals surface area (Å²) in [5.74, 6) is -1.76. The van der Waals surface area contributed by atoms with Crippen LogP contribution < -0.4 is 4.74 Å². The molecule has 4 atom stereocenters. The smallest absolute Gasteiger partial charge is 0.201 e. The first kappa shape index (κ1) is 26.8. The fourth-order valence-electron chi connectivity index (χ4n) is 6.71. The molecule has 1 nitrogen and oxygen atoms in total. The number of fused-ring (bicyclic) bond motifs is 1. The number of hydrogen-bond acceptors (Lipinski definition) is 1. The first-order chi connectivity index (χ1) is 18.4. The van der Waals surface area contributed by atoms with Crippen molar-refractivity contribution < 1.29 is 22.3 Å². The van der Waals surface area contributed by atoms with Crippen molar-refractivity contribution in [3.8, 4) is 16.9 Å². The Labute approximate surface area is 223 Å². The summed E-state index contributed by atoms with van der Waals surface area (Å²) in [6.07, 6.45) is 10.7. The molecular weight excluding hydrogens is 488 g/mol. The van der Waals surface area contributed by atoms with Gasteiger partial charge in [0.25, 0.3) is 0 Å². The van der Waals surface area contributed by atoms with Gasteiger partial charge in [-0.25, -0.2) is 13.2 Å². The molecule has 3 aromatic carbocycles. The van der Waals surface area contributed by atoms with E-state index in [2.05, 4.69) is 19.1 Å². The Morgan fingerprint density at radius 2 is 1.37 bits per heavy atom. The number of ether oxygens (including phenoxy) is 1. The van der Waals surface area contributed by atoms with Crippen LogP contribution in [-0.2, 0) is 6.61 Å². The van der Waals surface area contributed by atoms with E-state index < -0.39 is 23.3 Å². The Hall–Kier alpha value is -2.82. The largest absolute Gasteiger partial charge is 0.486 e. The number of benzene rings is 3. The van der Waals surface area contributed by atoms with Gasteiger partial charge in [0.05, 0.1) is 0 Å². The van der Waals surface area contributed by atoms with Gasteiger partial charge in [0, 0.05) is 11.1 Å². The second kappa shape index (κ2) is 11.5. The Morgan fingerprint density at radius 1 is 0.711 bits per heavy atom. The predicted octanol–water partition coefficient (Wildman–Crippen LogP) is 9.90. The van der Waals surface area contributed by atoms with Crippen molar-refractivity contribution >= 4 is 0 Å². The van der Waals surface area contributed by atoms with Crippen LogP contribution in [0.5, 0.6) is 5.75 Å². The molecule has 2 aliphatic rings. The Balaban J connectivity index is 1.21. The van der Waals surface area contributed by atoms with Crippen LogP contribution in [0.15, 0.2) is 48.5 Å². The number of hydrogen-bond donors (Lipinski definition) is 0. The van der Waals surface area contributed by atoms with Gasteiger partial charge < -0.3 is 4.74 Å². The summed E-state index contributed by atoms with van der Waals surface area (Å²) in [6.45, 7) is 3.78. The summed E-state index contributed by atoms with van der Waals surface area (Å²) >= 11 is 0. The predicted molar refractivity (Wildman–Crippen MR) is 143 cm³/mol. The molecule has 0 aliphatic heterocycles. The molecule has 5 rings (SSSR count). The average Bonchev–Trinajstić information content (AvgIpc) is 2.93. The van der Waals surface area contributed by atoms with E-state index >= 15 is 0 Å². The van der Waals surface area contributed by atoms with E-state index in [-0.39, 0.29) is 29.0 Å². The molecule has 4 unspecified atom stereocenters. The van der Waals surface area contributed by atoms with Crippen LogP contribution >= 0.6 is 0 Å². The van der Waals surface area contributed by atoms with E-state index in [1.165, 1.54) is 88.1 Å². The van der Waals surface area contributed by atoms with Gasteiger partial charge >= 0.3 is 0 Å². The third kappa shape index (κ3) is 5.48. The molecule has 38 heavy (non-hydrogen) atoms. The van der Waals surface area contributed by atoms with Gasteiger partial charge in [-0.2, -0.15) is 4.39 Å². The highest BCUT2D eigenvalue weighted by molar-refractivity contribution is 5.66. The van der Waals surface area contributed by atoms with Crippen molar-refractivity contribution in [3.05, 3.63) is 88.5 Å². The maximum Gasteiger partial charge on any atom is 0.201 e. The molecular formula is C33H36F4O. The van der Waals surface area contributed by atoms with Gasteiger partial charge in [-0.3, -0.25) is 0 Å². The first-order valence-corrected chi connectivity index (χ1v) is 14.0. The van der Waals surface area contributed by atoms with Crippen molar-refractivity contribution in [2.75, 3.05) is 0 Å². The average molecular weight is 525 g/mol. The van der Waals surface area contributed by atoms with E-state index in [4.69, 9.17) is 4.74 Å². The zero-order chi connectivity index (χ0) is 26.8. The molecule has 5 heteroatoms. The van der Waals surface area contributed by atoms with Crippen LogP contribution in [0, 0.1) is 47.9 Å². The lowest BCUT2D eigenvalue weighted by Gasteiger charge is -2.42. The topological polar surface area (TPSA) is 9.23 Å². The van der Waals surface area contributed by atoms with Crippen molar-refractivity contribution in [1.82, 2.24) is 0 Å². The molecule has 0 heterocycles. The summed E-state index contributed by atoms with van der Waals surface area (Å²) in [5.41, 5.74) is 1.63. The molecule has 0 aromatic heterocycles. The number of rotatable bonds is 7. The number of aryl methyl sites for hydroxylation is 1. The van der Waals surface area contributed by atoms with Crippen molar-refractivity contribution in [2.24, 2.45) is 17.8 Å². The summed E-state index contributed by atoms with van der Waals surface area (Å²) in [5, 5.41) is 0. The zero-order valence-corrected chi connectivity index (χ0v) is 22.2. The Kier molecular flexibility index (Phi) is 8.11. The van der Waals surface area contributed by atoms with Crippen LogP contribution in [0.3, 0.4) is 0 Å². The highest BCUT2D eigenvalue weighted by Gasteiger charge is 2.35. The van der Waals surface area contributed by atoms with Gasteiger partial charge in [0.2, 0.25) is 5.82 Å². The third-order valence-corrected chi connectivity index (χ3v) is 8.88. The molecule has 2 saturated carbocycles. The van der Waals surface area contributed by atoms with Gasteiger partial charge in [-0.15, -0.1) is 0 Å². The van der Waals surface area contributed by atoms with Crippen LogP contribution in [0.2, 0.25) is 0 Å².